The van der Waals surface area contributed by atoms with E-state index in [1.165, 1.54) is 5.57 Å². The third-order valence-electron chi connectivity index (χ3n) is 2.29. The molecule has 0 radical (unpaired) electrons. The fourth-order valence-corrected chi connectivity index (χ4v) is 1.27. The number of halogens is 1. The summed E-state index contributed by atoms with van der Waals surface area (Å²) in [6.45, 7) is 6.02. The monoisotopic (exact) mass is 209 g/mol. The third kappa shape index (κ3) is 2.86. The highest BCUT2D eigenvalue weighted by Gasteiger charge is 1.98. The molecule has 0 aromatic heterocycles. The Morgan fingerprint density at radius 2 is 2.14 bits per heavy atom. The van der Waals surface area contributed by atoms with Crippen molar-refractivity contribution in [3.05, 3.63) is 39.9 Å². The molecule has 1 aromatic rings. The molecule has 0 heterocycles. The Kier molecular flexibility index (Phi) is 3.73. The maximum Gasteiger partial charge on any atom is 0.0435 e. The van der Waals surface area contributed by atoms with Crippen LogP contribution in [0, 0.1) is 6.92 Å². The first-order chi connectivity index (χ1) is 6.50. The predicted molar refractivity (Wildman–Crippen MR) is 63.5 cm³/mol. The smallest absolute Gasteiger partial charge is 0.0435 e. The van der Waals surface area contributed by atoms with Crippen LogP contribution in [0.5, 0.6) is 0 Å². The minimum Gasteiger partial charge on any atom is -0.324 e. The molecule has 0 aliphatic rings. The summed E-state index contributed by atoms with van der Waals surface area (Å²) in [4.78, 5) is 0. The van der Waals surface area contributed by atoms with Crippen molar-refractivity contribution in [2.24, 2.45) is 5.73 Å². The number of hydrogen-bond acceptors (Lipinski definition) is 1. The van der Waals surface area contributed by atoms with Crippen LogP contribution in [0.3, 0.4) is 0 Å². The van der Waals surface area contributed by atoms with E-state index in [1.54, 1.807) is 0 Å². The van der Waals surface area contributed by atoms with Gasteiger partial charge in [0.05, 0.1) is 0 Å². The minimum absolute atomic E-state index is 0.103. The second kappa shape index (κ2) is 4.63. The van der Waals surface area contributed by atoms with Gasteiger partial charge in [-0.2, -0.15) is 0 Å². The number of hydrogen-bond donors (Lipinski definition) is 1. The quantitative estimate of drug-likeness (QED) is 0.794. The largest absolute Gasteiger partial charge is 0.324 e. The first-order valence-corrected chi connectivity index (χ1v) is 5.08. The van der Waals surface area contributed by atoms with Crippen LogP contribution in [0.4, 0.5) is 0 Å². The summed E-state index contributed by atoms with van der Waals surface area (Å²) in [6, 6.07) is 6.08. The lowest BCUT2D eigenvalue weighted by molar-refractivity contribution is 0.868. The fourth-order valence-electron chi connectivity index (χ4n) is 1.15. The zero-order chi connectivity index (χ0) is 10.7. The van der Waals surface area contributed by atoms with Crippen LogP contribution in [0.15, 0.2) is 23.8 Å². The Morgan fingerprint density at radius 1 is 1.50 bits per heavy atom. The maximum absolute atomic E-state index is 5.93. The molecule has 1 aromatic carbocycles. The lowest BCUT2D eigenvalue weighted by atomic mass is 10.1. The van der Waals surface area contributed by atoms with E-state index >= 15 is 0 Å². The molecule has 0 bridgehead atoms. The lowest BCUT2D eigenvalue weighted by Crippen LogP contribution is -2.15. The van der Waals surface area contributed by atoms with Crippen molar-refractivity contribution in [2.45, 2.75) is 26.8 Å². The van der Waals surface area contributed by atoms with Crippen LogP contribution in [0.25, 0.3) is 6.08 Å². The molecular weight excluding hydrogens is 194 g/mol. The van der Waals surface area contributed by atoms with Gasteiger partial charge in [-0.05, 0) is 38.0 Å². The summed E-state index contributed by atoms with van der Waals surface area (Å²) >= 11 is 5.93. The second-order valence-electron chi connectivity index (χ2n) is 3.69. The molecule has 1 rings (SSSR count). The molecule has 2 heteroatoms. The summed E-state index contributed by atoms with van der Waals surface area (Å²) in [6.07, 6.45) is 2.09. The van der Waals surface area contributed by atoms with Crippen LogP contribution in [0.2, 0.25) is 5.02 Å². The summed E-state index contributed by atoms with van der Waals surface area (Å²) in [5, 5.41) is 0.806. The van der Waals surface area contributed by atoms with Gasteiger partial charge < -0.3 is 5.73 Å². The Hall–Kier alpha value is -0.790. The standard InChI is InChI=1S/C12H16ClN/c1-8(10(3)14)6-11-4-5-12(13)9(2)7-11/h4-7,10H,14H2,1-3H3/b8-6+. The summed E-state index contributed by atoms with van der Waals surface area (Å²) in [5.41, 5.74) is 9.18. The van der Waals surface area contributed by atoms with E-state index in [1.807, 2.05) is 32.9 Å². The molecule has 0 aliphatic carbocycles. The van der Waals surface area contributed by atoms with E-state index in [4.69, 9.17) is 17.3 Å². The van der Waals surface area contributed by atoms with Crippen LogP contribution in [0.1, 0.15) is 25.0 Å². The van der Waals surface area contributed by atoms with Crippen molar-refractivity contribution in [3.8, 4) is 0 Å². The molecule has 0 fully saturated rings. The second-order valence-corrected chi connectivity index (χ2v) is 4.09. The average Bonchev–Trinajstić information content (AvgIpc) is 2.11. The predicted octanol–water partition coefficient (Wildman–Crippen LogP) is 3.40. The van der Waals surface area contributed by atoms with Crippen molar-refractivity contribution in [1.29, 1.82) is 0 Å². The molecule has 0 saturated carbocycles. The molecule has 76 valence electrons. The summed E-state index contributed by atoms with van der Waals surface area (Å²) in [5.74, 6) is 0. The minimum atomic E-state index is 0.103. The Balaban J connectivity index is 2.98. The Bertz CT molecular complexity index is 353. The van der Waals surface area contributed by atoms with E-state index in [0.717, 1.165) is 16.1 Å². The SMILES string of the molecule is C/C(=C\c1ccc(Cl)c(C)c1)C(C)N. The van der Waals surface area contributed by atoms with Crippen molar-refractivity contribution < 1.29 is 0 Å². The lowest BCUT2D eigenvalue weighted by Gasteiger charge is -2.06. The number of nitrogens with two attached hydrogens (primary N) is 1. The molecule has 14 heavy (non-hydrogen) atoms. The molecule has 1 atom stereocenters. The van der Waals surface area contributed by atoms with Gasteiger partial charge in [0.1, 0.15) is 0 Å². The highest BCUT2D eigenvalue weighted by molar-refractivity contribution is 6.31. The fraction of sp³-hybridized carbons (Fsp3) is 0.333. The van der Waals surface area contributed by atoms with Gasteiger partial charge in [-0.25, -0.2) is 0 Å². The van der Waals surface area contributed by atoms with Crippen molar-refractivity contribution >= 4 is 17.7 Å². The zero-order valence-corrected chi connectivity index (χ0v) is 9.60. The van der Waals surface area contributed by atoms with Gasteiger partial charge >= 0.3 is 0 Å². The summed E-state index contributed by atoms with van der Waals surface area (Å²) in [7, 11) is 0. The first-order valence-electron chi connectivity index (χ1n) is 4.70. The van der Waals surface area contributed by atoms with E-state index in [0.29, 0.717) is 0 Å². The van der Waals surface area contributed by atoms with E-state index in [2.05, 4.69) is 12.1 Å². The molecule has 1 nitrogen and oxygen atoms in total. The van der Waals surface area contributed by atoms with Crippen LogP contribution < -0.4 is 5.73 Å². The molecule has 0 aliphatic heterocycles. The highest BCUT2D eigenvalue weighted by Crippen LogP contribution is 2.18. The van der Waals surface area contributed by atoms with Crippen molar-refractivity contribution in [3.63, 3.8) is 0 Å². The van der Waals surface area contributed by atoms with Crippen LogP contribution in [-0.4, -0.2) is 6.04 Å². The molecule has 0 spiro atoms. The van der Waals surface area contributed by atoms with Gasteiger partial charge in [-0.3, -0.25) is 0 Å². The van der Waals surface area contributed by atoms with E-state index < -0.39 is 0 Å². The molecular formula is C12H16ClN. The Morgan fingerprint density at radius 3 is 2.64 bits per heavy atom. The van der Waals surface area contributed by atoms with Gasteiger partial charge in [-0.1, -0.05) is 35.4 Å². The van der Waals surface area contributed by atoms with E-state index in [9.17, 15) is 0 Å². The highest BCUT2D eigenvalue weighted by atomic mass is 35.5. The Labute approximate surface area is 90.6 Å². The van der Waals surface area contributed by atoms with Gasteiger partial charge in [0.15, 0.2) is 0 Å². The maximum atomic E-state index is 5.93. The topological polar surface area (TPSA) is 26.0 Å². The summed E-state index contributed by atoms with van der Waals surface area (Å²) < 4.78 is 0. The first kappa shape index (κ1) is 11.3. The number of rotatable bonds is 2. The number of benzene rings is 1. The molecule has 1 unspecified atom stereocenters. The van der Waals surface area contributed by atoms with Gasteiger partial charge in [0, 0.05) is 11.1 Å². The number of aryl methyl sites for hydroxylation is 1. The van der Waals surface area contributed by atoms with Gasteiger partial charge in [0.25, 0.3) is 0 Å². The van der Waals surface area contributed by atoms with Crippen LogP contribution in [-0.2, 0) is 0 Å². The third-order valence-corrected chi connectivity index (χ3v) is 2.72. The van der Waals surface area contributed by atoms with Gasteiger partial charge in [0.2, 0.25) is 0 Å². The normalized spacial score (nSPS) is 14.2. The van der Waals surface area contributed by atoms with Crippen molar-refractivity contribution in [1.82, 2.24) is 0 Å². The van der Waals surface area contributed by atoms with E-state index in [-0.39, 0.29) is 6.04 Å². The van der Waals surface area contributed by atoms with Crippen molar-refractivity contribution in [2.75, 3.05) is 0 Å². The molecule has 0 amide bonds. The molecule has 0 saturated heterocycles. The van der Waals surface area contributed by atoms with Gasteiger partial charge in [-0.15, -0.1) is 0 Å². The molecule has 2 N–H and O–H groups in total. The zero-order valence-electron chi connectivity index (χ0n) is 8.84. The van der Waals surface area contributed by atoms with Crippen LogP contribution >= 0.6 is 11.6 Å². The average molecular weight is 210 g/mol.